The molecule has 1 saturated heterocycles. The Bertz CT molecular complexity index is 553. The van der Waals surface area contributed by atoms with E-state index in [0.29, 0.717) is 5.56 Å². The molecular formula is C10H7N3O3S. The predicted molar refractivity (Wildman–Crippen MR) is 64.9 cm³/mol. The molecule has 0 atom stereocenters. The zero-order valence-corrected chi connectivity index (χ0v) is 9.28. The number of amides is 1. The molecule has 17 heavy (non-hydrogen) atoms. The van der Waals surface area contributed by atoms with E-state index < -0.39 is 10.8 Å². The Morgan fingerprint density at radius 2 is 2.00 bits per heavy atom. The molecule has 7 heteroatoms. The minimum atomic E-state index is -0.502. The molecule has 1 fully saturated rings. The molecule has 6 nitrogen and oxygen atoms in total. The number of nitro groups is 1. The summed E-state index contributed by atoms with van der Waals surface area (Å²) in [5.74, 6) is -0.395. The van der Waals surface area contributed by atoms with Gasteiger partial charge in [0.25, 0.3) is 11.6 Å². The zero-order valence-electron chi connectivity index (χ0n) is 8.47. The van der Waals surface area contributed by atoms with E-state index in [4.69, 9.17) is 12.2 Å². The number of thiocarbonyl (C=S) groups is 1. The molecule has 2 N–H and O–H groups in total. The van der Waals surface area contributed by atoms with Gasteiger partial charge in [-0.2, -0.15) is 0 Å². The predicted octanol–water partition coefficient (Wildman–Crippen LogP) is 0.940. The third-order valence-electron chi connectivity index (χ3n) is 2.15. The molecule has 1 aromatic carbocycles. The van der Waals surface area contributed by atoms with Crippen molar-refractivity contribution >= 4 is 35.0 Å². The first-order valence-electron chi connectivity index (χ1n) is 4.65. The Labute approximate surface area is 101 Å². The van der Waals surface area contributed by atoms with E-state index in [1.165, 1.54) is 12.1 Å². The van der Waals surface area contributed by atoms with Gasteiger partial charge in [0.15, 0.2) is 5.11 Å². The molecule has 0 spiro atoms. The number of benzene rings is 1. The fourth-order valence-corrected chi connectivity index (χ4v) is 1.62. The molecule has 0 radical (unpaired) electrons. The minimum absolute atomic E-state index is 0.0626. The van der Waals surface area contributed by atoms with E-state index in [-0.39, 0.29) is 16.5 Å². The van der Waals surface area contributed by atoms with E-state index in [0.717, 1.165) is 0 Å². The van der Waals surface area contributed by atoms with Crippen LogP contribution in [0.2, 0.25) is 0 Å². The number of nitrogens with zero attached hydrogens (tertiary/aromatic N) is 1. The Hall–Kier alpha value is -2.28. The molecule has 0 aliphatic carbocycles. The lowest BCUT2D eigenvalue weighted by Gasteiger charge is -1.98. The third kappa shape index (κ3) is 2.28. The van der Waals surface area contributed by atoms with Crippen molar-refractivity contribution in [2.24, 2.45) is 0 Å². The summed E-state index contributed by atoms with van der Waals surface area (Å²) < 4.78 is 0. The number of hydrogen-bond donors (Lipinski definition) is 2. The van der Waals surface area contributed by atoms with Crippen molar-refractivity contribution in [3.8, 4) is 0 Å². The van der Waals surface area contributed by atoms with Crippen molar-refractivity contribution < 1.29 is 9.72 Å². The van der Waals surface area contributed by atoms with Crippen molar-refractivity contribution in [2.75, 3.05) is 0 Å². The van der Waals surface area contributed by atoms with Crippen molar-refractivity contribution in [1.29, 1.82) is 0 Å². The van der Waals surface area contributed by atoms with Gasteiger partial charge in [-0.05, 0) is 24.4 Å². The molecule has 1 aromatic rings. The van der Waals surface area contributed by atoms with Gasteiger partial charge in [-0.15, -0.1) is 0 Å². The first-order chi connectivity index (χ1) is 8.08. The first kappa shape index (κ1) is 11.2. The molecule has 1 aliphatic rings. The Kier molecular flexibility index (Phi) is 2.84. The molecule has 0 aromatic heterocycles. The number of hydrogen-bond acceptors (Lipinski definition) is 4. The molecule has 2 rings (SSSR count). The Morgan fingerprint density at radius 3 is 2.59 bits per heavy atom. The number of nitro benzene ring substituents is 1. The second-order valence-electron chi connectivity index (χ2n) is 3.28. The highest BCUT2D eigenvalue weighted by Crippen LogP contribution is 2.20. The van der Waals surface area contributed by atoms with Crippen molar-refractivity contribution in [3.05, 3.63) is 45.6 Å². The summed E-state index contributed by atoms with van der Waals surface area (Å²) in [6.07, 6.45) is 1.40. The number of rotatable bonds is 2. The van der Waals surface area contributed by atoms with Crippen LogP contribution in [-0.2, 0) is 4.79 Å². The van der Waals surface area contributed by atoms with Crippen molar-refractivity contribution in [2.45, 2.75) is 0 Å². The summed E-state index contributed by atoms with van der Waals surface area (Å²) in [5.41, 5.74) is 0.483. The van der Waals surface area contributed by atoms with E-state index in [1.807, 2.05) is 0 Å². The quantitative estimate of drug-likeness (QED) is 0.352. The molecule has 0 bridgehead atoms. The van der Waals surface area contributed by atoms with Gasteiger partial charge in [0.1, 0.15) is 5.70 Å². The smallest absolute Gasteiger partial charge is 0.276 e. The van der Waals surface area contributed by atoms with Gasteiger partial charge in [-0.25, -0.2) is 0 Å². The SMILES string of the molecule is O=C1NC(=S)N/C1=C/c1ccccc1[N+](=O)[O-]. The molecule has 86 valence electrons. The highest BCUT2D eigenvalue weighted by atomic mass is 32.1. The number of carbonyl (C=O) groups excluding carboxylic acids is 1. The topological polar surface area (TPSA) is 84.3 Å². The maximum atomic E-state index is 11.4. The summed E-state index contributed by atoms with van der Waals surface area (Å²) >= 11 is 4.76. The molecule has 0 unspecified atom stereocenters. The van der Waals surface area contributed by atoms with Crippen LogP contribution in [-0.4, -0.2) is 15.9 Å². The Morgan fingerprint density at radius 1 is 1.29 bits per heavy atom. The monoisotopic (exact) mass is 249 g/mol. The molecule has 1 heterocycles. The number of carbonyl (C=O) groups is 1. The van der Waals surface area contributed by atoms with Gasteiger partial charge in [-0.1, -0.05) is 12.1 Å². The highest BCUT2D eigenvalue weighted by Gasteiger charge is 2.21. The molecule has 1 amide bonds. The van der Waals surface area contributed by atoms with Crippen LogP contribution in [0.1, 0.15) is 5.56 Å². The summed E-state index contributed by atoms with van der Waals surface area (Å²) in [4.78, 5) is 21.6. The van der Waals surface area contributed by atoms with E-state index >= 15 is 0 Å². The lowest BCUT2D eigenvalue weighted by atomic mass is 10.1. The van der Waals surface area contributed by atoms with Gasteiger partial charge >= 0.3 is 0 Å². The summed E-state index contributed by atoms with van der Waals surface area (Å²) in [5, 5.41) is 16.0. The average Bonchev–Trinajstić information content (AvgIpc) is 2.58. The van der Waals surface area contributed by atoms with Crippen LogP contribution < -0.4 is 10.6 Å². The average molecular weight is 249 g/mol. The molecular weight excluding hydrogens is 242 g/mol. The highest BCUT2D eigenvalue weighted by molar-refractivity contribution is 7.80. The standard InChI is InChI=1S/C10H7N3O3S/c14-9-7(11-10(17)12-9)5-6-3-1-2-4-8(6)13(15)16/h1-5H,(H2,11,12,14,17)/b7-5+. The molecule has 1 aliphatic heterocycles. The second-order valence-corrected chi connectivity index (χ2v) is 3.69. The number of para-hydroxylation sites is 1. The van der Waals surface area contributed by atoms with Crippen molar-refractivity contribution in [3.63, 3.8) is 0 Å². The third-order valence-corrected chi connectivity index (χ3v) is 2.36. The lowest BCUT2D eigenvalue weighted by molar-refractivity contribution is -0.385. The summed E-state index contributed by atoms with van der Waals surface area (Å²) in [7, 11) is 0. The van der Waals surface area contributed by atoms with Gasteiger partial charge in [0.05, 0.1) is 10.5 Å². The van der Waals surface area contributed by atoms with Gasteiger partial charge < -0.3 is 5.32 Å². The lowest BCUT2D eigenvalue weighted by Crippen LogP contribution is -2.21. The number of nitrogens with one attached hydrogen (secondary N) is 2. The fourth-order valence-electron chi connectivity index (χ4n) is 1.41. The maximum Gasteiger partial charge on any atom is 0.276 e. The first-order valence-corrected chi connectivity index (χ1v) is 5.06. The van der Waals surface area contributed by atoms with Crippen LogP contribution in [0.3, 0.4) is 0 Å². The van der Waals surface area contributed by atoms with Crippen LogP contribution in [0.4, 0.5) is 5.69 Å². The molecule has 0 saturated carbocycles. The van der Waals surface area contributed by atoms with Crippen LogP contribution in [0.25, 0.3) is 6.08 Å². The van der Waals surface area contributed by atoms with E-state index in [2.05, 4.69) is 10.6 Å². The van der Waals surface area contributed by atoms with Crippen molar-refractivity contribution in [1.82, 2.24) is 10.6 Å². The van der Waals surface area contributed by atoms with Gasteiger partial charge in [0.2, 0.25) is 0 Å². The van der Waals surface area contributed by atoms with E-state index in [9.17, 15) is 14.9 Å². The largest absolute Gasteiger partial charge is 0.328 e. The van der Waals surface area contributed by atoms with Crippen LogP contribution >= 0.6 is 12.2 Å². The van der Waals surface area contributed by atoms with Gasteiger partial charge in [0, 0.05) is 6.07 Å². The summed E-state index contributed by atoms with van der Waals surface area (Å²) in [6.45, 7) is 0. The van der Waals surface area contributed by atoms with Gasteiger partial charge in [-0.3, -0.25) is 20.2 Å². The van der Waals surface area contributed by atoms with Crippen LogP contribution in [0, 0.1) is 10.1 Å². The van der Waals surface area contributed by atoms with E-state index in [1.54, 1.807) is 18.2 Å². The fraction of sp³-hybridized carbons (Fsp3) is 0. The van der Waals surface area contributed by atoms with Crippen LogP contribution in [0.5, 0.6) is 0 Å². The Balaban J connectivity index is 2.42. The summed E-state index contributed by atoms with van der Waals surface area (Å²) in [6, 6.07) is 6.15. The minimum Gasteiger partial charge on any atom is -0.328 e. The zero-order chi connectivity index (χ0) is 12.4. The van der Waals surface area contributed by atoms with Crippen LogP contribution in [0.15, 0.2) is 30.0 Å². The normalized spacial score (nSPS) is 16.8. The second kappa shape index (κ2) is 4.30. The maximum absolute atomic E-state index is 11.4.